The fraction of sp³-hybridized carbons (Fsp3) is 0.478. The molecule has 0 unspecified atom stereocenters. The molecule has 2 heterocycles. The van der Waals surface area contributed by atoms with E-state index in [1.165, 1.54) is 11.1 Å². The van der Waals surface area contributed by atoms with Gasteiger partial charge in [-0.05, 0) is 67.5 Å². The minimum absolute atomic E-state index is 0.0204. The summed E-state index contributed by atoms with van der Waals surface area (Å²) in [6.07, 6.45) is 4.48. The zero-order valence-electron chi connectivity index (χ0n) is 20.5. The summed E-state index contributed by atoms with van der Waals surface area (Å²) in [6.45, 7) is 2.61. The molecule has 1 fully saturated rings. The van der Waals surface area contributed by atoms with Gasteiger partial charge in [0.15, 0.2) is 0 Å². The third-order valence-electron chi connectivity index (χ3n) is 5.99. The van der Waals surface area contributed by atoms with E-state index in [1.54, 1.807) is 20.1 Å². The first kappa shape index (κ1) is 25.6. The lowest BCUT2D eigenvalue weighted by Crippen LogP contribution is -2.37. The molecule has 1 amide bonds. The smallest absolute Gasteiger partial charge is 0.270 e. The number of carbonyl (C=O) groups excluding carboxylic acids is 1. The van der Waals surface area contributed by atoms with Crippen molar-refractivity contribution in [2.45, 2.75) is 51.7 Å². The number of benzene rings is 1. The van der Waals surface area contributed by atoms with Crippen molar-refractivity contribution in [2.24, 2.45) is 5.92 Å². The minimum atomic E-state index is -3.20. The molecule has 3 aromatic rings. The molecule has 1 aliphatic rings. The van der Waals surface area contributed by atoms with E-state index in [-0.39, 0.29) is 17.6 Å². The van der Waals surface area contributed by atoms with Crippen molar-refractivity contribution in [1.29, 1.82) is 0 Å². The number of aromatic nitrogens is 6. The molecule has 192 valence electrons. The van der Waals surface area contributed by atoms with E-state index >= 15 is 0 Å². The molecular weight excluding hydrogens is 484 g/mol. The number of carbonyl (C=O) groups is 1. The highest BCUT2D eigenvalue weighted by Gasteiger charge is 2.24. The number of ether oxygens (including phenoxy) is 1. The van der Waals surface area contributed by atoms with Gasteiger partial charge in [0.25, 0.3) is 5.91 Å². The second kappa shape index (κ2) is 11.1. The summed E-state index contributed by atoms with van der Waals surface area (Å²) in [5.74, 6) is 1.45. The normalized spacial score (nSPS) is 18.1. The predicted octanol–water partition coefficient (Wildman–Crippen LogP) is 1.49. The Hall–Kier alpha value is -3.45. The van der Waals surface area contributed by atoms with Gasteiger partial charge in [0.1, 0.15) is 23.0 Å². The highest BCUT2D eigenvalue weighted by atomic mass is 32.2. The second-order valence-electron chi connectivity index (χ2n) is 9.00. The molecule has 0 radical (unpaired) electrons. The second-order valence-corrected chi connectivity index (χ2v) is 10.8. The van der Waals surface area contributed by atoms with Crippen LogP contribution in [0, 0.1) is 12.8 Å². The summed E-state index contributed by atoms with van der Waals surface area (Å²) in [5.41, 5.74) is 1.54. The zero-order valence-corrected chi connectivity index (χ0v) is 21.3. The third-order valence-corrected chi connectivity index (χ3v) is 6.75. The first-order chi connectivity index (χ1) is 17.2. The number of sulfonamides is 1. The van der Waals surface area contributed by atoms with Crippen molar-refractivity contribution in [3.8, 4) is 17.3 Å². The predicted molar refractivity (Wildman–Crippen MR) is 131 cm³/mol. The van der Waals surface area contributed by atoms with Crippen LogP contribution in [0.15, 0.2) is 30.3 Å². The molecule has 1 aromatic carbocycles. The summed E-state index contributed by atoms with van der Waals surface area (Å²) < 4.78 is 30.8. The average Bonchev–Trinajstić information content (AvgIpc) is 3.31. The Morgan fingerprint density at radius 2 is 1.94 bits per heavy atom. The molecule has 36 heavy (non-hydrogen) atoms. The first-order valence-corrected chi connectivity index (χ1v) is 13.6. The molecule has 12 nitrogen and oxygen atoms in total. The number of rotatable bonds is 9. The maximum absolute atomic E-state index is 12.8. The maximum atomic E-state index is 12.8. The first-order valence-electron chi connectivity index (χ1n) is 11.7. The lowest BCUT2D eigenvalue weighted by molar-refractivity contribution is 0.0945. The largest absolute Gasteiger partial charge is 0.497 e. The Bertz CT molecular complexity index is 1320. The highest BCUT2D eigenvalue weighted by Crippen LogP contribution is 2.26. The van der Waals surface area contributed by atoms with E-state index in [0.717, 1.165) is 37.0 Å². The molecule has 1 aliphatic carbocycles. The van der Waals surface area contributed by atoms with Gasteiger partial charge in [-0.1, -0.05) is 12.1 Å². The standard InChI is InChI=1S/C23H30N8O4S/c1-15-25-20(12-21(26-15)23(32)24-13-17-5-4-6-19(11-17)35-2)22-27-30-31(28-22)14-16-7-9-18(10-8-16)29-36(3,33)34/h4-6,11-12,16,18,29H,7-10,13-14H2,1-3H3,(H,24,32). The van der Waals surface area contributed by atoms with Crippen molar-refractivity contribution >= 4 is 15.9 Å². The van der Waals surface area contributed by atoms with Crippen LogP contribution in [-0.2, 0) is 23.1 Å². The molecule has 4 rings (SSSR count). The number of hydrogen-bond acceptors (Lipinski definition) is 9. The quantitative estimate of drug-likeness (QED) is 0.432. The molecule has 13 heteroatoms. The van der Waals surface area contributed by atoms with Crippen molar-refractivity contribution in [3.63, 3.8) is 0 Å². The Morgan fingerprint density at radius 3 is 2.67 bits per heavy atom. The van der Waals surface area contributed by atoms with Crippen molar-refractivity contribution < 1.29 is 17.9 Å². The molecule has 0 saturated heterocycles. The van der Waals surface area contributed by atoms with E-state index in [9.17, 15) is 13.2 Å². The van der Waals surface area contributed by atoms with Crippen LogP contribution in [0.5, 0.6) is 5.75 Å². The summed E-state index contributed by atoms with van der Waals surface area (Å²) in [7, 11) is -1.60. The molecule has 0 spiro atoms. The lowest BCUT2D eigenvalue weighted by atomic mass is 9.86. The van der Waals surface area contributed by atoms with Gasteiger partial charge in [0.2, 0.25) is 15.8 Å². The summed E-state index contributed by atoms with van der Waals surface area (Å²) in [5, 5.41) is 15.6. The fourth-order valence-electron chi connectivity index (χ4n) is 4.27. The van der Waals surface area contributed by atoms with Crippen molar-refractivity contribution in [3.05, 3.63) is 47.4 Å². The van der Waals surface area contributed by atoms with E-state index < -0.39 is 10.0 Å². The fourth-order valence-corrected chi connectivity index (χ4v) is 5.11. The Labute approximate surface area is 209 Å². The Kier molecular flexibility index (Phi) is 7.89. The van der Waals surface area contributed by atoms with Gasteiger partial charge in [0.05, 0.1) is 19.9 Å². The van der Waals surface area contributed by atoms with Crippen molar-refractivity contribution in [1.82, 2.24) is 40.2 Å². The number of methoxy groups -OCH3 is 1. The topological polar surface area (TPSA) is 154 Å². The third kappa shape index (κ3) is 7.04. The molecule has 2 aromatic heterocycles. The van der Waals surface area contributed by atoms with E-state index in [4.69, 9.17) is 4.74 Å². The van der Waals surface area contributed by atoms with Crippen molar-refractivity contribution in [2.75, 3.05) is 13.4 Å². The van der Waals surface area contributed by atoms with Crippen LogP contribution in [0.2, 0.25) is 0 Å². The molecule has 0 aliphatic heterocycles. The summed E-state index contributed by atoms with van der Waals surface area (Å²) >= 11 is 0. The molecule has 1 saturated carbocycles. The Balaban J connectivity index is 1.37. The molecule has 2 N–H and O–H groups in total. The van der Waals surface area contributed by atoms with Crippen LogP contribution in [-0.4, -0.2) is 63.9 Å². The highest BCUT2D eigenvalue weighted by molar-refractivity contribution is 7.88. The van der Waals surface area contributed by atoms with E-state index in [1.807, 2.05) is 24.3 Å². The average molecular weight is 515 g/mol. The summed E-state index contributed by atoms with van der Waals surface area (Å²) in [6, 6.07) is 8.99. The lowest BCUT2D eigenvalue weighted by Gasteiger charge is -2.27. The Morgan fingerprint density at radius 1 is 1.17 bits per heavy atom. The molecular formula is C23H30N8O4S. The number of amides is 1. The van der Waals surface area contributed by atoms with E-state index in [2.05, 4.69) is 35.4 Å². The SMILES string of the molecule is COc1cccc(CNC(=O)c2cc(-c3nnn(CC4CCC(NS(C)(=O)=O)CC4)n3)nc(C)n2)c1. The monoisotopic (exact) mass is 514 g/mol. The number of hydrogen-bond donors (Lipinski definition) is 2. The van der Waals surface area contributed by atoms with Gasteiger partial charge in [0, 0.05) is 12.6 Å². The maximum Gasteiger partial charge on any atom is 0.270 e. The van der Waals surface area contributed by atoms with E-state index in [0.29, 0.717) is 36.4 Å². The minimum Gasteiger partial charge on any atom is -0.497 e. The zero-order chi connectivity index (χ0) is 25.7. The van der Waals surface area contributed by atoms with Crippen LogP contribution >= 0.6 is 0 Å². The van der Waals surface area contributed by atoms with Gasteiger partial charge in [-0.15, -0.1) is 10.2 Å². The molecule has 0 atom stereocenters. The number of tetrazole rings is 1. The van der Waals surface area contributed by atoms with Crippen LogP contribution in [0.4, 0.5) is 0 Å². The van der Waals surface area contributed by atoms with Crippen LogP contribution in [0.3, 0.4) is 0 Å². The van der Waals surface area contributed by atoms with Gasteiger partial charge in [-0.3, -0.25) is 4.79 Å². The number of nitrogens with zero attached hydrogens (tertiary/aromatic N) is 6. The van der Waals surface area contributed by atoms with Gasteiger partial charge >= 0.3 is 0 Å². The van der Waals surface area contributed by atoms with Gasteiger partial charge in [-0.25, -0.2) is 23.1 Å². The van der Waals surface area contributed by atoms with Gasteiger partial charge < -0.3 is 10.1 Å². The molecule has 0 bridgehead atoms. The number of nitrogens with one attached hydrogen (secondary N) is 2. The van der Waals surface area contributed by atoms with Crippen LogP contribution in [0.25, 0.3) is 11.5 Å². The number of aryl methyl sites for hydroxylation is 1. The summed E-state index contributed by atoms with van der Waals surface area (Å²) in [4.78, 5) is 22.9. The van der Waals surface area contributed by atoms with Crippen LogP contribution < -0.4 is 14.8 Å². The van der Waals surface area contributed by atoms with Crippen LogP contribution in [0.1, 0.15) is 47.6 Å². The van der Waals surface area contributed by atoms with Gasteiger partial charge in [-0.2, -0.15) is 4.80 Å².